The summed E-state index contributed by atoms with van der Waals surface area (Å²) in [5.74, 6) is 1.20. The molecule has 128 valence electrons. The molecule has 5 nitrogen and oxygen atoms in total. The number of hydrogen-bond donors (Lipinski definition) is 3. The van der Waals surface area contributed by atoms with E-state index in [1.54, 1.807) is 13.1 Å². The number of halogens is 1. The quantitative estimate of drug-likeness (QED) is 0.495. The van der Waals surface area contributed by atoms with Gasteiger partial charge in [-0.1, -0.05) is 42.5 Å². The van der Waals surface area contributed by atoms with Crippen LogP contribution in [0.5, 0.6) is 0 Å². The molecule has 0 atom stereocenters. The molecule has 0 aliphatic rings. The zero-order valence-corrected chi connectivity index (χ0v) is 14.0. The number of H-pyrrole nitrogens is 1. The molecule has 0 spiro atoms. The number of aromatic amines is 1. The van der Waals surface area contributed by atoms with E-state index in [-0.39, 0.29) is 5.82 Å². The molecule has 0 saturated carbocycles. The normalized spacial score (nSPS) is 11.4. The number of nitrogens with one attached hydrogen (secondary N) is 3. The predicted octanol–water partition coefficient (Wildman–Crippen LogP) is 3.08. The Hall–Kier alpha value is -3.15. The minimum absolute atomic E-state index is 0.244. The summed E-state index contributed by atoms with van der Waals surface area (Å²) in [4.78, 5) is 11.8. The van der Waals surface area contributed by atoms with Gasteiger partial charge in [-0.05, 0) is 23.3 Å². The average Bonchev–Trinajstić information content (AvgIpc) is 3.12. The highest BCUT2D eigenvalue weighted by molar-refractivity contribution is 5.79. The average molecular weight is 337 g/mol. The van der Waals surface area contributed by atoms with Crippen molar-refractivity contribution in [2.24, 2.45) is 4.99 Å². The molecule has 25 heavy (non-hydrogen) atoms. The van der Waals surface area contributed by atoms with E-state index in [0.717, 1.165) is 22.6 Å². The van der Waals surface area contributed by atoms with E-state index in [9.17, 15) is 4.39 Å². The summed E-state index contributed by atoms with van der Waals surface area (Å²) in [6, 6.07) is 16.5. The molecule has 0 radical (unpaired) electrons. The summed E-state index contributed by atoms with van der Waals surface area (Å²) < 4.78 is 13.2. The predicted molar refractivity (Wildman–Crippen MR) is 97.5 cm³/mol. The molecule has 3 aromatic rings. The summed E-state index contributed by atoms with van der Waals surface area (Å²) in [5, 5.41) is 6.34. The molecule has 0 unspecified atom stereocenters. The number of benzene rings is 2. The van der Waals surface area contributed by atoms with E-state index in [2.05, 4.69) is 25.6 Å². The van der Waals surface area contributed by atoms with E-state index >= 15 is 0 Å². The van der Waals surface area contributed by atoms with Gasteiger partial charge in [-0.2, -0.15) is 0 Å². The van der Waals surface area contributed by atoms with Gasteiger partial charge in [0.1, 0.15) is 11.6 Å². The number of nitrogens with zero attached hydrogens (tertiary/aromatic N) is 2. The van der Waals surface area contributed by atoms with Crippen LogP contribution >= 0.6 is 0 Å². The second-order valence-electron chi connectivity index (χ2n) is 5.52. The number of imidazole rings is 1. The van der Waals surface area contributed by atoms with Crippen LogP contribution in [-0.4, -0.2) is 23.0 Å². The van der Waals surface area contributed by atoms with Gasteiger partial charge in [0.05, 0.1) is 18.4 Å². The maximum atomic E-state index is 13.2. The van der Waals surface area contributed by atoms with Crippen molar-refractivity contribution in [3.05, 3.63) is 78.0 Å². The fourth-order valence-corrected chi connectivity index (χ4v) is 2.44. The fraction of sp³-hybridized carbons (Fsp3) is 0.158. The summed E-state index contributed by atoms with van der Waals surface area (Å²) >= 11 is 0. The van der Waals surface area contributed by atoms with E-state index in [4.69, 9.17) is 0 Å². The lowest BCUT2D eigenvalue weighted by atomic mass is 10.2. The third-order valence-electron chi connectivity index (χ3n) is 3.71. The largest absolute Gasteiger partial charge is 0.352 e. The summed E-state index contributed by atoms with van der Waals surface area (Å²) in [5.41, 5.74) is 2.92. The topological polar surface area (TPSA) is 65.1 Å². The molecule has 0 bridgehead atoms. The number of rotatable bonds is 5. The molecule has 3 N–H and O–H groups in total. The van der Waals surface area contributed by atoms with Crippen molar-refractivity contribution in [2.45, 2.75) is 13.1 Å². The van der Waals surface area contributed by atoms with Gasteiger partial charge in [0.2, 0.25) is 0 Å². The third-order valence-corrected chi connectivity index (χ3v) is 3.71. The highest BCUT2D eigenvalue weighted by Crippen LogP contribution is 2.15. The molecule has 0 aliphatic carbocycles. The van der Waals surface area contributed by atoms with Gasteiger partial charge in [0.25, 0.3) is 0 Å². The second-order valence-corrected chi connectivity index (χ2v) is 5.52. The van der Waals surface area contributed by atoms with Gasteiger partial charge in [0, 0.05) is 13.6 Å². The van der Waals surface area contributed by atoms with E-state index in [0.29, 0.717) is 19.0 Å². The van der Waals surface area contributed by atoms with Gasteiger partial charge >= 0.3 is 0 Å². The number of aliphatic imine (C=N–C) groups is 1. The smallest absolute Gasteiger partial charge is 0.191 e. The standard InChI is InChI=1S/C19H20FN5/c1-21-19(23-11-14-6-5-9-16(20)10-14)24-13-18-22-12-17(25-18)15-7-3-2-4-8-15/h2-10,12H,11,13H2,1H3,(H,22,25)(H2,21,23,24). The minimum Gasteiger partial charge on any atom is -0.352 e. The molecule has 3 rings (SSSR count). The Morgan fingerprint density at radius 1 is 1.08 bits per heavy atom. The Morgan fingerprint density at radius 2 is 1.88 bits per heavy atom. The first-order valence-corrected chi connectivity index (χ1v) is 8.03. The Kier molecular flexibility index (Phi) is 5.41. The maximum Gasteiger partial charge on any atom is 0.191 e. The Labute approximate surface area is 146 Å². The summed E-state index contributed by atoms with van der Waals surface area (Å²) in [7, 11) is 1.69. The lowest BCUT2D eigenvalue weighted by Gasteiger charge is -2.11. The van der Waals surface area contributed by atoms with Crippen molar-refractivity contribution in [1.29, 1.82) is 0 Å². The first-order valence-electron chi connectivity index (χ1n) is 8.03. The molecule has 0 aliphatic heterocycles. The zero-order valence-electron chi connectivity index (χ0n) is 14.0. The van der Waals surface area contributed by atoms with E-state index in [1.165, 1.54) is 12.1 Å². The van der Waals surface area contributed by atoms with Crippen LogP contribution in [0.4, 0.5) is 4.39 Å². The van der Waals surface area contributed by atoms with Crippen molar-refractivity contribution in [2.75, 3.05) is 7.05 Å². The minimum atomic E-state index is -0.244. The van der Waals surface area contributed by atoms with Crippen LogP contribution in [0.2, 0.25) is 0 Å². The van der Waals surface area contributed by atoms with Crippen molar-refractivity contribution >= 4 is 5.96 Å². The summed E-state index contributed by atoms with van der Waals surface area (Å²) in [6.07, 6.45) is 1.81. The van der Waals surface area contributed by atoms with Crippen molar-refractivity contribution in [3.8, 4) is 11.3 Å². The van der Waals surface area contributed by atoms with Crippen LogP contribution in [0.1, 0.15) is 11.4 Å². The molecular weight excluding hydrogens is 317 g/mol. The lowest BCUT2D eigenvalue weighted by molar-refractivity contribution is 0.624. The van der Waals surface area contributed by atoms with Crippen LogP contribution in [-0.2, 0) is 13.1 Å². The van der Waals surface area contributed by atoms with E-state index in [1.807, 2.05) is 42.6 Å². The van der Waals surface area contributed by atoms with Crippen molar-refractivity contribution in [3.63, 3.8) is 0 Å². The molecule has 6 heteroatoms. The van der Waals surface area contributed by atoms with Crippen molar-refractivity contribution < 1.29 is 4.39 Å². The highest BCUT2D eigenvalue weighted by Gasteiger charge is 2.04. The van der Waals surface area contributed by atoms with Crippen molar-refractivity contribution in [1.82, 2.24) is 20.6 Å². The SMILES string of the molecule is CN=C(NCc1cccc(F)c1)NCc1ncc(-c2ccccc2)[nH]1. The Morgan fingerprint density at radius 3 is 2.64 bits per heavy atom. The molecule has 0 amide bonds. The first kappa shape index (κ1) is 16.7. The Balaban J connectivity index is 1.54. The zero-order chi connectivity index (χ0) is 17.5. The molecule has 0 fully saturated rings. The second kappa shape index (κ2) is 8.10. The van der Waals surface area contributed by atoms with Gasteiger partial charge in [-0.15, -0.1) is 0 Å². The first-order chi connectivity index (χ1) is 12.2. The molecule has 1 aromatic heterocycles. The molecule has 2 aromatic carbocycles. The lowest BCUT2D eigenvalue weighted by Crippen LogP contribution is -2.36. The van der Waals surface area contributed by atoms with Gasteiger partial charge < -0.3 is 15.6 Å². The number of hydrogen-bond acceptors (Lipinski definition) is 2. The Bertz CT molecular complexity index is 842. The van der Waals surface area contributed by atoms with Crippen LogP contribution in [0, 0.1) is 5.82 Å². The van der Waals surface area contributed by atoms with Gasteiger partial charge in [0.15, 0.2) is 5.96 Å². The molecule has 0 saturated heterocycles. The van der Waals surface area contributed by atoms with E-state index < -0.39 is 0 Å². The number of guanidine groups is 1. The molecular formula is C19H20FN5. The highest BCUT2D eigenvalue weighted by atomic mass is 19.1. The molecule has 1 heterocycles. The van der Waals surface area contributed by atoms with Crippen LogP contribution in [0.15, 0.2) is 65.8 Å². The fourth-order valence-electron chi connectivity index (χ4n) is 2.44. The maximum absolute atomic E-state index is 13.2. The monoisotopic (exact) mass is 337 g/mol. The van der Waals surface area contributed by atoms with Gasteiger partial charge in [-0.3, -0.25) is 4.99 Å². The van der Waals surface area contributed by atoms with Crippen LogP contribution < -0.4 is 10.6 Å². The van der Waals surface area contributed by atoms with Crippen LogP contribution in [0.3, 0.4) is 0 Å². The third kappa shape index (κ3) is 4.67. The summed E-state index contributed by atoms with van der Waals surface area (Å²) in [6.45, 7) is 1.00. The van der Waals surface area contributed by atoms with Crippen LogP contribution in [0.25, 0.3) is 11.3 Å². The van der Waals surface area contributed by atoms with Gasteiger partial charge in [-0.25, -0.2) is 9.37 Å². The number of aromatic nitrogens is 2.